The number of hydrogen-bond acceptors (Lipinski definition) is 3. The molecule has 0 saturated heterocycles. The molecule has 1 heterocycles. The third-order valence-corrected chi connectivity index (χ3v) is 6.21. The third-order valence-electron chi connectivity index (χ3n) is 6.05. The van der Waals surface area contributed by atoms with Gasteiger partial charge >= 0.3 is 4.90 Å². The average Bonchev–Trinajstić information content (AvgIpc) is 2.98. The van der Waals surface area contributed by atoms with Gasteiger partial charge in [0.05, 0.1) is 0 Å². The smallest absolute Gasteiger partial charge is 0.363 e. The lowest BCUT2D eigenvalue weighted by Gasteiger charge is -2.42. The monoisotopic (exact) mass is 378 g/mol. The van der Waals surface area contributed by atoms with E-state index in [-0.39, 0.29) is 15.7 Å². The van der Waals surface area contributed by atoms with Crippen LogP contribution in [0.15, 0.2) is 45.2 Å². The first-order valence-corrected chi connectivity index (χ1v) is 9.94. The highest BCUT2D eigenvalue weighted by Crippen LogP contribution is 2.46. The van der Waals surface area contributed by atoms with Crippen LogP contribution < -0.4 is 0 Å². The van der Waals surface area contributed by atoms with E-state index in [1.807, 2.05) is 18.2 Å². The van der Waals surface area contributed by atoms with Gasteiger partial charge in [-0.25, -0.2) is 0 Å². The van der Waals surface area contributed by atoms with Crippen molar-refractivity contribution >= 4 is 35.0 Å². The molecule has 2 aromatic carbocycles. The number of rotatable bonds is 2. The lowest BCUT2D eigenvalue weighted by molar-refractivity contribution is 0.332. The van der Waals surface area contributed by atoms with Gasteiger partial charge < -0.3 is 8.83 Å². The minimum atomic E-state index is 0.169. The predicted octanol–water partition coefficient (Wildman–Crippen LogP) is 7.66. The Labute approximate surface area is 165 Å². The van der Waals surface area contributed by atoms with Gasteiger partial charge in [0, 0.05) is 12.2 Å². The van der Waals surface area contributed by atoms with Crippen molar-refractivity contribution < 1.29 is 8.83 Å². The Morgan fingerprint density at radius 3 is 2.30 bits per heavy atom. The van der Waals surface area contributed by atoms with Crippen LogP contribution in [0.2, 0.25) is 0 Å². The normalized spacial score (nSPS) is 18.5. The van der Waals surface area contributed by atoms with E-state index >= 15 is 0 Å². The fourth-order valence-corrected chi connectivity index (χ4v) is 4.33. The second-order valence-electron chi connectivity index (χ2n) is 9.02. The fourth-order valence-electron chi connectivity index (χ4n) is 4.15. The van der Waals surface area contributed by atoms with Crippen molar-refractivity contribution in [2.24, 2.45) is 0 Å². The summed E-state index contributed by atoms with van der Waals surface area (Å²) in [5.41, 5.74) is 8.41. The Balaban J connectivity index is 1.76. The predicted molar refractivity (Wildman–Crippen MR) is 115 cm³/mol. The molecular weight excluding hydrogens is 352 g/mol. The van der Waals surface area contributed by atoms with E-state index in [1.165, 1.54) is 35.1 Å². The molecular formula is C24H26O2S. The molecule has 0 amide bonds. The van der Waals surface area contributed by atoms with Gasteiger partial charge in [0.25, 0.3) is 0 Å². The molecule has 0 radical (unpaired) electrons. The van der Waals surface area contributed by atoms with Crippen LogP contribution in [0.1, 0.15) is 69.7 Å². The first-order valence-electron chi connectivity index (χ1n) is 9.53. The summed E-state index contributed by atoms with van der Waals surface area (Å²) in [6, 6.07) is 12.9. The lowest BCUT2D eigenvalue weighted by atomic mass is 9.63. The molecule has 0 atom stereocenters. The SMILES string of the molecule is CC(=Cc1ccc2oc(=S)oc2c1)c1ccc2c(c1)C(C)(C)CCC2(C)C. The van der Waals surface area contributed by atoms with Crippen LogP contribution in [0, 0.1) is 4.90 Å². The second kappa shape index (κ2) is 6.20. The Hall–Kier alpha value is -2.13. The zero-order chi connectivity index (χ0) is 19.4. The van der Waals surface area contributed by atoms with Crippen LogP contribution in [-0.4, -0.2) is 0 Å². The van der Waals surface area contributed by atoms with Crippen molar-refractivity contribution in [3.8, 4) is 0 Å². The summed E-state index contributed by atoms with van der Waals surface area (Å²) in [6.07, 6.45) is 4.65. The van der Waals surface area contributed by atoms with Crippen molar-refractivity contribution in [2.45, 2.75) is 58.3 Å². The zero-order valence-corrected chi connectivity index (χ0v) is 17.5. The van der Waals surface area contributed by atoms with E-state index in [0.717, 1.165) is 5.56 Å². The van der Waals surface area contributed by atoms with Gasteiger partial charge in [0.15, 0.2) is 11.2 Å². The van der Waals surface area contributed by atoms with Crippen molar-refractivity contribution in [3.63, 3.8) is 0 Å². The maximum Gasteiger partial charge on any atom is 0.363 e. The summed E-state index contributed by atoms with van der Waals surface area (Å²) in [6.45, 7) is 11.6. The summed E-state index contributed by atoms with van der Waals surface area (Å²) < 4.78 is 10.8. The summed E-state index contributed by atoms with van der Waals surface area (Å²) in [4.78, 5) is 0.169. The summed E-state index contributed by atoms with van der Waals surface area (Å²) in [5.74, 6) is 0. The Bertz CT molecular complexity index is 1110. The maximum atomic E-state index is 5.44. The highest BCUT2D eigenvalue weighted by molar-refractivity contribution is 7.71. The largest absolute Gasteiger partial charge is 0.413 e. The fraction of sp³-hybridized carbons (Fsp3) is 0.375. The molecule has 27 heavy (non-hydrogen) atoms. The second-order valence-corrected chi connectivity index (χ2v) is 9.35. The van der Waals surface area contributed by atoms with Gasteiger partial charge in [-0.1, -0.05) is 58.0 Å². The van der Waals surface area contributed by atoms with Gasteiger partial charge in [-0.05, 0) is 70.6 Å². The van der Waals surface area contributed by atoms with Gasteiger partial charge in [0.1, 0.15) is 0 Å². The molecule has 1 aliphatic rings. The van der Waals surface area contributed by atoms with E-state index in [9.17, 15) is 0 Å². The minimum absolute atomic E-state index is 0.169. The number of benzene rings is 2. The van der Waals surface area contributed by atoms with Gasteiger partial charge in [-0.15, -0.1) is 0 Å². The number of hydrogen-bond donors (Lipinski definition) is 0. The van der Waals surface area contributed by atoms with Crippen LogP contribution in [-0.2, 0) is 10.8 Å². The van der Waals surface area contributed by atoms with Crippen LogP contribution in [0.25, 0.3) is 22.8 Å². The maximum absolute atomic E-state index is 5.44. The van der Waals surface area contributed by atoms with Crippen molar-refractivity contribution in [1.29, 1.82) is 0 Å². The molecule has 3 heteroatoms. The summed E-state index contributed by atoms with van der Waals surface area (Å²) in [5, 5.41) is 0. The molecule has 3 aromatic rings. The summed E-state index contributed by atoms with van der Waals surface area (Å²) in [7, 11) is 0. The number of allylic oxidation sites excluding steroid dienone is 1. The molecule has 0 unspecified atom stereocenters. The van der Waals surface area contributed by atoms with Crippen LogP contribution >= 0.6 is 12.2 Å². The molecule has 0 spiro atoms. The molecule has 140 valence electrons. The van der Waals surface area contributed by atoms with Gasteiger partial charge in [-0.2, -0.15) is 0 Å². The Kier molecular flexibility index (Phi) is 4.19. The molecule has 0 aliphatic heterocycles. The molecule has 4 rings (SSSR count). The zero-order valence-electron chi connectivity index (χ0n) is 16.7. The highest BCUT2D eigenvalue weighted by Gasteiger charge is 2.36. The lowest BCUT2D eigenvalue weighted by Crippen LogP contribution is -2.33. The van der Waals surface area contributed by atoms with E-state index < -0.39 is 0 Å². The third kappa shape index (κ3) is 3.29. The molecule has 2 nitrogen and oxygen atoms in total. The summed E-state index contributed by atoms with van der Waals surface area (Å²) >= 11 is 4.97. The quantitative estimate of drug-likeness (QED) is 0.338. The van der Waals surface area contributed by atoms with E-state index in [0.29, 0.717) is 11.2 Å². The Morgan fingerprint density at radius 2 is 1.56 bits per heavy atom. The standard InChI is InChI=1S/C24H26O2S/c1-15(12-16-6-9-20-21(13-16)26-22(27)25-20)17-7-8-18-19(14-17)24(4,5)11-10-23(18,2)3/h6-9,12-14H,10-11H2,1-5H3. The molecule has 1 aliphatic carbocycles. The Morgan fingerprint density at radius 1 is 0.889 bits per heavy atom. The van der Waals surface area contributed by atoms with Crippen LogP contribution in [0.5, 0.6) is 0 Å². The minimum Gasteiger partial charge on any atom is -0.413 e. The molecule has 1 aromatic heterocycles. The first-order chi connectivity index (χ1) is 12.7. The first kappa shape index (κ1) is 18.2. The molecule has 0 N–H and O–H groups in total. The van der Waals surface area contributed by atoms with Crippen molar-refractivity contribution in [2.75, 3.05) is 0 Å². The highest BCUT2D eigenvalue weighted by atomic mass is 32.1. The van der Waals surface area contributed by atoms with Crippen molar-refractivity contribution in [1.82, 2.24) is 0 Å². The average molecular weight is 379 g/mol. The van der Waals surface area contributed by atoms with Gasteiger partial charge in [0.2, 0.25) is 0 Å². The van der Waals surface area contributed by atoms with Crippen molar-refractivity contribution in [3.05, 3.63) is 63.6 Å². The van der Waals surface area contributed by atoms with Crippen LogP contribution in [0.3, 0.4) is 0 Å². The number of fused-ring (bicyclic) bond motifs is 2. The van der Waals surface area contributed by atoms with E-state index in [2.05, 4.69) is 58.9 Å². The topological polar surface area (TPSA) is 26.3 Å². The van der Waals surface area contributed by atoms with Gasteiger partial charge in [-0.3, -0.25) is 0 Å². The van der Waals surface area contributed by atoms with Crippen LogP contribution in [0.4, 0.5) is 0 Å². The van der Waals surface area contributed by atoms with E-state index in [1.54, 1.807) is 0 Å². The van der Waals surface area contributed by atoms with E-state index in [4.69, 9.17) is 21.1 Å². The molecule has 0 bridgehead atoms. The molecule has 0 saturated carbocycles. The molecule has 0 fully saturated rings.